The van der Waals surface area contributed by atoms with Gasteiger partial charge in [-0.25, -0.2) is 0 Å². The summed E-state index contributed by atoms with van der Waals surface area (Å²) in [7, 11) is 1.75. The van der Waals surface area contributed by atoms with Gasteiger partial charge in [-0.15, -0.1) is 0 Å². The van der Waals surface area contributed by atoms with Gasteiger partial charge in [0.2, 0.25) is 0 Å². The van der Waals surface area contributed by atoms with Crippen LogP contribution in [0.15, 0.2) is 48.5 Å². The molecular formula is C21H25NO. The molecule has 2 unspecified atom stereocenters. The van der Waals surface area contributed by atoms with Crippen LogP contribution in [-0.2, 0) is 6.42 Å². The second-order valence-corrected chi connectivity index (χ2v) is 6.96. The van der Waals surface area contributed by atoms with E-state index in [-0.39, 0.29) is 0 Å². The largest absolute Gasteiger partial charge is 0.497 e. The number of rotatable bonds is 4. The van der Waals surface area contributed by atoms with Crippen LogP contribution in [0.3, 0.4) is 0 Å². The van der Waals surface area contributed by atoms with Crippen molar-refractivity contribution in [3.05, 3.63) is 65.2 Å². The van der Waals surface area contributed by atoms with E-state index in [1.54, 1.807) is 12.7 Å². The third-order valence-electron chi connectivity index (χ3n) is 5.57. The molecule has 0 aromatic heterocycles. The second-order valence-electron chi connectivity index (χ2n) is 6.96. The second kappa shape index (κ2) is 6.37. The summed E-state index contributed by atoms with van der Waals surface area (Å²) in [5.41, 5.74) is 4.55. The van der Waals surface area contributed by atoms with E-state index < -0.39 is 0 Å². The van der Waals surface area contributed by atoms with Crippen LogP contribution in [0.5, 0.6) is 5.75 Å². The summed E-state index contributed by atoms with van der Waals surface area (Å²) < 4.78 is 5.36. The minimum absolute atomic E-state index is 0.699. The van der Waals surface area contributed by atoms with Crippen LogP contribution in [0, 0.1) is 0 Å². The van der Waals surface area contributed by atoms with Crippen molar-refractivity contribution in [3.8, 4) is 5.75 Å². The molecule has 1 aliphatic carbocycles. The van der Waals surface area contributed by atoms with E-state index in [1.807, 2.05) is 0 Å². The van der Waals surface area contributed by atoms with E-state index in [0.717, 1.165) is 5.75 Å². The Morgan fingerprint density at radius 3 is 2.78 bits per heavy atom. The fraction of sp³-hybridized carbons (Fsp3) is 0.429. The quantitative estimate of drug-likeness (QED) is 0.839. The Labute approximate surface area is 139 Å². The summed E-state index contributed by atoms with van der Waals surface area (Å²) >= 11 is 0. The topological polar surface area (TPSA) is 12.5 Å². The van der Waals surface area contributed by atoms with E-state index in [0.29, 0.717) is 11.8 Å². The van der Waals surface area contributed by atoms with Gasteiger partial charge in [0.25, 0.3) is 0 Å². The van der Waals surface area contributed by atoms with Crippen molar-refractivity contribution in [1.29, 1.82) is 0 Å². The Kier molecular flexibility index (Phi) is 4.09. The third kappa shape index (κ3) is 3.00. The van der Waals surface area contributed by atoms with Gasteiger partial charge >= 0.3 is 0 Å². The molecule has 1 heterocycles. The highest BCUT2D eigenvalue weighted by Crippen LogP contribution is 2.37. The Hall–Kier alpha value is -1.80. The zero-order chi connectivity index (χ0) is 15.6. The van der Waals surface area contributed by atoms with Crippen LogP contribution in [0.25, 0.3) is 0 Å². The average molecular weight is 307 g/mol. The van der Waals surface area contributed by atoms with Crippen molar-refractivity contribution in [2.75, 3.05) is 26.7 Å². The standard InChI is InChI=1S/C21H25NO/c1-23-20-9-10-21-17(13-20)7-8-19(21)15-22-12-11-18(14-22)16-5-3-2-4-6-16/h2-6,9-10,13,18-19H,7-8,11-12,14-15H2,1H3. The molecule has 0 amide bonds. The molecule has 0 spiro atoms. The molecule has 1 aliphatic heterocycles. The Morgan fingerprint density at radius 1 is 1.09 bits per heavy atom. The highest BCUT2D eigenvalue weighted by atomic mass is 16.5. The minimum atomic E-state index is 0.699. The van der Waals surface area contributed by atoms with Crippen LogP contribution < -0.4 is 4.74 Å². The number of aryl methyl sites for hydroxylation is 1. The number of likely N-dealkylation sites (tertiary alicyclic amines) is 1. The van der Waals surface area contributed by atoms with Crippen LogP contribution in [-0.4, -0.2) is 31.6 Å². The fourth-order valence-electron chi connectivity index (χ4n) is 4.31. The van der Waals surface area contributed by atoms with Gasteiger partial charge in [0.05, 0.1) is 7.11 Å². The minimum Gasteiger partial charge on any atom is -0.497 e. The number of hydrogen-bond donors (Lipinski definition) is 0. The molecule has 120 valence electrons. The van der Waals surface area contributed by atoms with Crippen LogP contribution in [0.2, 0.25) is 0 Å². The maximum atomic E-state index is 5.36. The predicted molar refractivity (Wildman–Crippen MR) is 94.3 cm³/mol. The van der Waals surface area contributed by atoms with Gasteiger partial charge in [0.1, 0.15) is 5.75 Å². The number of methoxy groups -OCH3 is 1. The van der Waals surface area contributed by atoms with Gasteiger partial charge in [-0.05, 0) is 66.5 Å². The number of ether oxygens (including phenoxy) is 1. The molecule has 1 fully saturated rings. The molecule has 2 atom stereocenters. The molecule has 0 saturated carbocycles. The highest BCUT2D eigenvalue weighted by molar-refractivity contribution is 5.41. The number of nitrogens with zero attached hydrogens (tertiary/aromatic N) is 1. The zero-order valence-corrected chi connectivity index (χ0v) is 13.9. The first-order valence-corrected chi connectivity index (χ1v) is 8.77. The van der Waals surface area contributed by atoms with E-state index in [4.69, 9.17) is 4.74 Å². The summed E-state index contributed by atoms with van der Waals surface area (Å²) in [4.78, 5) is 2.67. The maximum absolute atomic E-state index is 5.36. The van der Waals surface area contributed by atoms with Crippen molar-refractivity contribution >= 4 is 0 Å². The maximum Gasteiger partial charge on any atom is 0.119 e. The lowest BCUT2D eigenvalue weighted by atomic mass is 9.98. The molecule has 2 nitrogen and oxygen atoms in total. The van der Waals surface area contributed by atoms with Crippen molar-refractivity contribution in [1.82, 2.24) is 4.90 Å². The van der Waals surface area contributed by atoms with Gasteiger partial charge in [0, 0.05) is 13.1 Å². The van der Waals surface area contributed by atoms with Crippen molar-refractivity contribution in [2.24, 2.45) is 0 Å². The van der Waals surface area contributed by atoms with Gasteiger partial charge < -0.3 is 9.64 Å². The monoisotopic (exact) mass is 307 g/mol. The normalized spacial score (nSPS) is 23.9. The lowest BCUT2D eigenvalue weighted by Crippen LogP contribution is -2.25. The van der Waals surface area contributed by atoms with E-state index >= 15 is 0 Å². The van der Waals surface area contributed by atoms with Crippen molar-refractivity contribution < 1.29 is 4.74 Å². The summed E-state index contributed by atoms with van der Waals surface area (Å²) in [5.74, 6) is 2.41. The SMILES string of the molecule is COc1ccc2c(c1)CCC2CN1CCC(c2ccccc2)C1. The summed E-state index contributed by atoms with van der Waals surface area (Å²) in [6.45, 7) is 3.66. The predicted octanol–water partition coefficient (Wildman–Crippen LogP) is 4.21. The summed E-state index contributed by atoms with van der Waals surface area (Å²) in [6.07, 6.45) is 3.79. The van der Waals surface area contributed by atoms with Gasteiger partial charge in [0.15, 0.2) is 0 Å². The first kappa shape index (κ1) is 14.8. The molecule has 2 heteroatoms. The molecule has 23 heavy (non-hydrogen) atoms. The van der Waals surface area contributed by atoms with Crippen LogP contribution >= 0.6 is 0 Å². The lowest BCUT2D eigenvalue weighted by molar-refractivity contribution is 0.309. The van der Waals surface area contributed by atoms with Crippen LogP contribution in [0.4, 0.5) is 0 Å². The Balaban J connectivity index is 1.41. The summed E-state index contributed by atoms with van der Waals surface area (Å²) in [6, 6.07) is 17.6. The average Bonchev–Trinajstić information content (AvgIpc) is 3.23. The Bertz CT molecular complexity index is 667. The van der Waals surface area contributed by atoms with Gasteiger partial charge in [-0.3, -0.25) is 0 Å². The van der Waals surface area contributed by atoms with E-state index in [9.17, 15) is 0 Å². The molecular weight excluding hydrogens is 282 g/mol. The zero-order valence-electron chi connectivity index (χ0n) is 13.9. The van der Waals surface area contributed by atoms with E-state index in [2.05, 4.69) is 53.4 Å². The summed E-state index contributed by atoms with van der Waals surface area (Å²) in [5, 5.41) is 0. The molecule has 4 rings (SSSR count). The highest BCUT2D eigenvalue weighted by Gasteiger charge is 2.29. The van der Waals surface area contributed by atoms with Crippen LogP contribution in [0.1, 0.15) is 41.4 Å². The smallest absolute Gasteiger partial charge is 0.119 e. The number of benzene rings is 2. The number of fused-ring (bicyclic) bond motifs is 1. The molecule has 0 radical (unpaired) electrons. The van der Waals surface area contributed by atoms with E-state index in [1.165, 1.54) is 50.0 Å². The molecule has 2 aromatic rings. The first-order chi connectivity index (χ1) is 11.3. The Morgan fingerprint density at radius 2 is 1.96 bits per heavy atom. The van der Waals surface area contributed by atoms with Gasteiger partial charge in [-0.2, -0.15) is 0 Å². The fourth-order valence-corrected chi connectivity index (χ4v) is 4.31. The third-order valence-corrected chi connectivity index (χ3v) is 5.57. The van der Waals surface area contributed by atoms with Crippen molar-refractivity contribution in [3.63, 3.8) is 0 Å². The molecule has 1 saturated heterocycles. The molecule has 0 N–H and O–H groups in total. The lowest BCUT2D eigenvalue weighted by Gasteiger charge is -2.21. The molecule has 0 bridgehead atoms. The number of hydrogen-bond acceptors (Lipinski definition) is 2. The van der Waals surface area contributed by atoms with Gasteiger partial charge in [-0.1, -0.05) is 36.4 Å². The molecule has 2 aliphatic rings. The molecule has 2 aromatic carbocycles. The first-order valence-electron chi connectivity index (χ1n) is 8.77. The van der Waals surface area contributed by atoms with Crippen molar-refractivity contribution in [2.45, 2.75) is 31.1 Å².